The highest BCUT2D eigenvalue weighted by Crippen LogP contribution is 2.32. The number of aryl methyl sites for hydroxylation is 2. The van der Waals surface area contributed by atoms with Gasteiger partial charge < -0.3 is 5.11 Å². The second kappa shape index (κ2) is 4.65. The van der Waals surface area contributed by atoms with E-state index in [1.54, 1.807) is 16.0 Å². The lowest BCUT2D eigenvalue weighted by Crippen LogP contribution is -2.06. The number of hydrogen-bond acceptors (Lipinski definition) is 4. The van der Waals surface area contributed by atoms with Crippen LogP contribution in [-0.2, 0) is 13.5 Å². The van der Waals surface area contributed by atoms with E-state index in [2.05, 4.69) is 26.0 Å². The highest BCUT2D eigenvalue weighted by atomic mass is 79.9. The van der Waals surface area contributed by atoms with Gasteiger partial charge in [-0.2, -0.15) is 5.10 Å². The normalized spacial score (nSPS) is 13.0. The molecule has 0 saturated heterocycles. The van der Waals surface area contributed by atoms with Crippen molar-refractivity contribution < 1.29 is 5.11 Å². The van der Waals surface area contributed by atoms with Crippen LogP contribution >= 0.6 is 27.3 Å². The van der Waals surface area contributed by atoms with E-state index in [0.717, 1.165) is 20.1 Å². The molecule has 2 rings (SSSR count). The third-order valence-electron chi connectivity index (χ3n) is 2.39. The first-order valence-electron chi connectivity index (χ1n) is 4.84. The first-order valence-corrected chi connectivity index (χ1v) is 6.45. The summed E-state index contributed by atoms with van der Waals surface area (Å²) in [5.74, 6) is 0.787. The number of thiophene rings is 1. The molecule has 1 unspecified atom stereocenters. The molecule has 0 fully saturated rings. The maximum atomic E-state index is 10.1. The minimum Gasteiger partial charge on any atom is -0.387 e. The van der Waals surface area contributed by atoms with Crippen LogP contribution in [0, 0.1) is 6.92 Å². The predicted molar refractivity (Wildman–Crippen MR) is 66.4 cm³/mol. The zero-order valence-electron chi connectivity index (χ0n) is 9.01. The molecule has 4 nitrogen and oxygen atoms in total. The highest BCUT2D eigenvalue weighted by molar-refractivity contribution is 9.11. The lowest BCUT2D eigenvalue weighted by molar-refractivity contribution is 0.178. The van der Waals surface area contributed by atoms with Crippen molar-refractivity contribution in [3.63, 3.8) is 0 Å². The van der Waals surface area contributed by atoms with Crippen molar-refractivity contribution in [3.05, 3.63) is 32.4 Å². The second-order valence-electron chi connectivity index (χ2n) is 3.63. The number of aliphatic hydroxyl groups excluding tert-OH is 1. The highest BCUT2D eigenvalue weighted by Gasteiger charge is 2.15. The van der Waals surface area contributed by atoms with E-state index in [4.69, 9.17) is 0 Å². The summed E-state index contributed by atoms with van der Waals surface area (Å²) in [6.45, 7) is 2.01. The number of halogens is 1. The molecule has 2 aromatic heterocycles. The quantitative estimate of drug-likeness (QED) is 0.946. The molecule has 0 aromatic carbocycles. The summed E-state index contributed by atoms with van der Waals surface area (Å²) >= 11 is 5.01. The van der Waals surface area contributed by atoms with Gasteiger partial charge in [0.15, 0.2) is 0 Å². The minimum absolute atomic E-state index is 0.489. The third kappa shape index (κ3) is 2.34. The molecular formula is C10H12BrN3OS. The average Bonchev–Trinajstić information content (AvgIpc) is 2.76. The van der Waals surface area contributed by atoms with Gasteiger partial charge in [0.25, 0.3) is 0 Å². The van der Waals surface area contributed by atoms with Crippen LogP contribution in [-0.4, -0.2) is 19.9 Å². The van der Waals surface area contributed by atoms with Gasteiger partial charge in [-0.15, -0.1) is 11.3 Å². The topological polar surface area (TPSA) is 50.9 Å². The summed E-state index contributed by atoms with van der Waals surface area (Å²) in [6, 6.07) is 2.00. The van der Waals surface area contributed by atoms with Crippen molar-refractivity contribution in [1.82, 2.24) is 14.8 Å². The zero-order chi connectivity index (χ0) is 11.7. The fourth-order valence-electron chi connectivity index (χ4n) is 1.43. The van der Waals surface area contributed by atoms with Crippen molar-refractivity contribution in [3.8, 4) is 0 Å². The van der Waals surface area contributed by atoms with Crippen molar-refractivity contribution in [2.75, 3.05) is 0 Å². The van der Waals surface area contributed by atoms with Gasteiger partial charge in [0.2, 0.25) is 0 Å². The van der Waals surface area contributed by atoms with Crippen LogP contribution in [0.2, 0.25) is 0 Å². The molecule has 1 N–H and O–H groups in total. The Morgan fingerprint density at radius 3 is 2.88 bits per heavy atom. The van der Waals surface area contributed by atoms with E-state index >= 15 is 0 Å². The van der Waals surface area contributed by atoms with Gasteiger partial charge in [-0.05, 0) is 34.5 Å². The van der Waals surface area contributed by atoms with E-state index in [0.29, 0.717) is 6.42 Å². The molecular weight excluding hydrogens is 290 g/mol. The molecule has 16 heavy (non-hydrogen) atoms. The summed E-state index contributed by atoms with van der Waals surface area (Å²) in [5, 5.41) is 14.0. The maximum absolute atomic E-state index is 10.1. The Kier molecular flexibility index (Phi) is 3.41. The number of hydrogen-bond donors (Lipinski definition) is 1. The molecule has 6 heteroatoms. The van der Waals surface area contributed by atoms with Gasteiger partial charge in [-0.25, -0.2) is 4.98 Å². The van der Waals surface area contributed by atoms with Crippen LogP contribution in [0.3, 0.4) is 0 Å². The standard InChI is InChI=1S/C10H12BrN3OS/c1-6-3-8(16-10(6)11)7(15)4-9-12-5-13-14(9)2/h3,5,7,15H,4H2,1-2H3. The van der Waals surface area contributed by atoms with Crippen LogP contribution in [0.5, 0.6) is 0 Å². The number of aliphatic hydroxyl groups is 1. The maximum Gasteiger partial charge on any atom is 0.138 e. The van der Waals surface area contributed by atoms with E-state index in [1.807, 2.05) is 20.0 Å². The molecule has 0 aliphatic carbocycles. The Labute approximate surface area is 106 Å². The fraction of sp³-hybridized carbons (Fsp3) is 0.400. The second-order valence-corrected chi connectivity index (χ2v) is 6.03. The minimum atomic E-state index is -0.516. The van der Waals surface area contributed by atoms with E-state index in [9.17, 15) is 5.11 Å². The number of aromatic nitrogens is 3. The molecule has 0 aliphatic rings. The molecule has 0 radical (unpaired) electrons. The van der Waals surface area contributed by atoms with E-state index in [-0.39, 0.29) is 0 Å². The van der Waals surface area contributed by atoms with Crippen LogP contribution in [0.15, 0.2) is 16.2 Å². The molecule has 0 spiro atoms. The van der Waals surface area contributed by atoms with Crippen LogP contribution in [0.4, 0.5) is 0 Å². The first kappa shape index (κ1) is 11.8. The van der Waals surface area contributed by atoms with Gasteiger partial charge in [-0.1, -0.05) is 0 Å². The Morgan fingerprint density at radius 1 is 1.62 bits per heavy atom. The molecule has 86 valence electrons. The van der Waals surface area contributed by atoms with Crippen LogP contribution < -0.4 is 0 Å². The number of rotatable bonds is 3. The Bertz CT molecular complexity index is 474. The van der Waals surface area contributed by atoms with Crippen molar-refractivity contribution >= 4 is 27.3 Å². The lowest BCUT2D eigenvalue weighted by Gasteiger charge is -2.07. The van der Waals surface area contributed by atoms with E-state index < -0.39 is 6.10 Å². The van der Waals surface area contributed by atoms with Gasteiger partial charge in [0, 0.05) is 18.3 Å². The monoisotopic (exact) mass is 301 g/mol. The predicted octanol–water partition coefficient (Wildman–Crippen LogP) is 2.22. The van der Waals surface area contributed by atoms with Crippen molar-refractivity contribution in [1.29, 1.82) is 0 Å². The van der Waals surface area contributed by atoms with Gasteiger partial charge >= 0.3 is 0 Å². The summed E-state index contributed by atoms with van der Waals surface area (Å²) in [7, 11) is 1.82. The lowest BCUT2D eigenvalue weighted by atomic mass is 10.2. The Morgan fingerprint density at radius 2 is 2.38 bits per heavy atom. The molecule has 2 aromatic rings. The van der Waals surface area contributed by atoms with Gasteiger partial charge in [-0.3, -0.25) is 4.68 Å². The number of nitrogens with zero attached hydrogens (tertiary/aromatic N) is 3. The summed E-state index contributed by atoms with van der Waals surface area (Å²) < 4.78 is 2.75. The molecule has 0 aliphatic heterocycles. The zero-order valence-corrected chi connectivity index (χ0v) is 11.4. The molecule has 2 heterocycles. The average molecular weight is 302 g/mol. The first-order chi connectivity index (χ1) is 7.58. The molecule has 0 bridgehead atoms. The molecule has 0 saturated carbocycles. The van der Waals surface area contributed by atoms with Crippen molar-refractivity contribution in [2.24, 2.45) is 7.05 Å². The third-order valence-corrected chi connectivity index (χ3v) is 4.62. The summed E-state index contributed by atoms with van der Waals surface area (Å²) in [5.41, 5.74) is 1.15. The Hall–Kier alpha value is -0.720. The summed E-state index contributed by atoms with van der Waals surface area (Å²) in [4.78, 5) is 5.05. The van der Waals surface area contributed by atoms with E-state index in [1.165, 1.54) is 6.33 Å². The van der Waals surface area contributed by atoms with Crippen molar-refractivity contribution in [2.45, 2.75) is 19.4 Å². The molecule has 1 atom stereocenters. The SMILES string of the molecule is Cc1cc(C(O)Cc2ncnn2C)sc1Br. The molecule has 0 amide bonds. The smallest absolute Gasteiger partial charge is 0.138 e. The van der Waals surface area contributed by atoms with Crippen LogP contribution in [0.1, 0.15) is 22.4 Å². The largest absolute Gasteiger partial charge is 0.387 e. The van der Waals surface area contributed by atoms with Gasteiger partial charge in [0.1, 0.15) is 12.2 Å². The Balaban J connectivity index is 2.14. The van der Waals surface area contributed by atoms with Gasteiger partial charge in [0.05, 0.1) is 9.89 Å². The fourth-order valence-corrected chi connectivity index (χ4v) is 2.98. The summed E-state index contributed by atoms with van der Waals surface area (Å²) in [6.07, 6.45) is 1.47. The van der Waals surface area contributed by atoms with Crippen LogP contribution in [0.25, 0.3) is 0 Å².